The molecular weight excluding hydrogens is 282 g/mol. The van der Waals surface area contributed by atoms with Gasteiger partial charge in [0.1, 0.15) is 0 Å². The van der Waals surface area contributed by atoms with Crippen molar-refractivity contribution in [2.24, 2.45) is 0 Å². The van der Waals surface area contributed by atoms with E-state index in [4.69, 9.17) is 4.52 Å². The van der Waals surface area contributed by atoms with E-state index >= 15 is 0 Å². The van der Waals surface area contributed by atoms with Crippen LogP contribution in [0.4, 0.5) is 5.13 Å². The molecule has 0 spiro atoms. The SMILES string of the molecule is CCCc1noc(CSc2nnc(NC3CC3)s2)n1. The van der Waals surface area contributed by atoms with E-state index in [1.54, 1.807) is 23.1 Å². The molecule has 0 bridgehead atoms. The van der Waals surface area contributed by atoms with Gasteiger partial charge in [-0.3, -0.25) is 0 Å². The minimum Gasteiger partial charge on any atom is -0.357 e. The van der Waals surface area contributed by atoms with Gasteiger partial charge < -0.3 is 9.84 Å². The number of anilines is 1. The van der Waals surface area contributed by atoms with Crippen molar-refractivity contribution in [2.75, 3.05) is 5.32 Å². The summed E-state index contributed by atoms with van der Waals surface area (Å²) in [5.41, 5.74) is 0. The van der Waals surface area contributed by atoms with Crippen LogP contribution in [-0.4, -0.2) is 26.4 Å². The van der Waals surface area contributed by atoms with Crippen molar-refractivity contribution in [3.05, 3.63) is 11.7 Å². The normalized spacial score (nSPS) is 14.8. The highest BCUT2D eigenvalue weighted by Gasteiger charge is 2.22. The monoisotopic (exact) mass is 297 g/mol. The van der Waals surface area contributed by atoms with Crippen LogP contribution < -0.4 is 5.32 Å². The average Bonchev–Trinajstić information content (AvgIpc) is 2.91. The second-order valence-electron chi connectivity index (χ2n) is 4.43. The van der Waals surface area contributed by atoms with E-state index in [0.717, 1.165) is 28.1 Å². The van der Waals surface area contributed by atoms with Crippen molar-refractivity contribution in [3.8, 4) is 0 Å². The van der Waals surface area contributed by atoms with Crippen LogP contribution in [0.5, 0.6) is 0 Å². The zero-order chi connectivity index (χ0) is 13.1. The molecule has 0 amide bonds. The molecule has 0 radical (unpaired) electrons. The summed E-state index contributed by atoms with van der Waals surface area (Å²) in [6.07, 6.45) is 4.37. The molecule has 2 aromatic heterocycles. The molecule has 1 saturated carbocycles. The average molecular weight is 297 g/mol. The number of hydrogen-bond donors (Lipinski definition) is 1. The summed E-state index contributed by atoms with van der Waals surface area (Å²) in [7, 11) is 0. The molecule has 2 heterocycles. The number of nitrogens with one attached hydrogen (secondary N) is 1. The van der Waals surface area contributed by atoms with Crippen molar-refractivity contribution in [3.63, 3.8) is 0 Å². The Morgan fingerprint density at radius 1 is 1.42 bits per heavy atom. The minimum absolute atomic E-state index is 0.610. The van der Waals surface area contributed by atoms with Crippen molar-refractivity contribution in [2.45, 2.75) is 48.7 Å². The van der Waals surface area contributed by atoms with Crippen LogP contribution in [0.15, 0.2) is 8.86 Å². The van der Waals surface area contributed by atoms with E-state index in [9.17, 15) is 0 Å². The van der Waals surface area contributed by atoms with Gasteiger partial charge in [-0.05, 0) is 19.3 Å². The Balaban J connectivity index is 1.51. The number of aryl methyl sites for hydroxylation is 1. The zero-order valence-electron chi connectivity index (χ0n) is 10.6. The third-order valence-electron chi connectivity index (χ3n) is 2.61. The first-order valence-electron chi connectivity index (χ1n) is 6.38. The van der Waals surface area contributed by atoms with Gasteiger partial charge in [-0.25, -0.2) is 0 Å². The van der Waals surface area contributed by atoms with Crippen LogP contribution in [0.1, 0.15) is 37.9 Å². The van der Waals surface area contributed by atoms with E-state index < -0.39 is 0 Å². The lowest BCUT2D eigenvalue weighted by molar-refractivity contribution is 0.384. The van der Waals surface area contributed by atoms with Crippen molar-refractivity contribution >= 4 is 28.2 Å². The Morgan fingerprint density at radius 3 is 3.11 bits per heavy atom. The molecule has 0 aliphatic heterocycles. The number of nitrogens with zero attached hydrogens (tertiary/aromatic N) is 4. The fourth-order valence-electron chi connectivity index (χ4n) is 1.53. The lowest BCUT2D eigenvalue weighted by Crippen LogP contribution is -1.99. The van der Waals surface area contributed by atoms with Crippen LogP contribution in [-0.2, 0) is 12.2 Å². The van der Waals surface area contributed by atoms with E-state index in [1.165, 1.54) is 12.8 Å². The Kier molecular flexibility index (Phi) is 3.97. The van der Waals surface area contributed by atoms with E-state index in [2.05, 4.69) is 32.6 Å². The molecule has 0 unspecified atom stereocenters. The van der Waals surface area contributed by atoms with Crippen molar-refractivity contribution in [1.82, 2.24) is 20.3 Å². The van der Waals surface area contributed by atoms with Gasteiger partial charge in [0, 0.05) is 12.5 Å². The third-order valence-corrected chi connectivity index (χ3v) is 4.59. The van der Waals surface area contributed by atoms with Gasteiger partial charge in [0.15, 0.2) is 10.2 Å². The second-order valence-corrected chi connectivity index (χ2v) is 6.63. The molecule has 19 heavy (non-hydrogen) atoms. The Labute approximate surface area is 119 Å². The van der Waals surface area contributed by atoms with Gasteiger partial charge in [-0.15, -0.1) is 10.2 Å². The summed E-state index contributed by atoms with van der Waals surface area (Å²) >= 11 is 3.16. The van der Waals surface area contributed by atoms with Gasteiger partial charge in [0.2, 0.25) is 11.0 Å². The number of rotatable bonds is 7. The molecule has 1 aliphatic rings. The Morgan fingerprint density at radius 2 is 2.32 bits per heavy atom. The second kappa shape index (κ2) is 5.87. The Bertz CT molecular complexity index is 537. The molecule has 2 aromatic rings. The molecule has 102 valence electrons. The van der Waals surface area contributed by atoms with E-state index in [1.807, 2.05) is 0 Å². The maximum absolute atomic E-state index is 5.18. The summed E-state index contributed by atoms with van der Waals surface area (Å²) in [4.78, 5) is 4.32. The summed E-state index contributed by atoms with van der Waals surface area (Å²) in [6, 6.07) is 0.610. The third kappa shape index (κ3) is 3.66. The number of thioether (sulfide) groups is 1. The minimum atomic E-state index is 0.610. The Hall–Kier alpha value is -1.15. The highest BCUT2D eigenvalue weighted by Crippen LogP contribution is 2.31. The van der Waals surface area contributed by atoms with Gasteiger partial charge in [0.05, 0.1) is 5.75 Å². The first-order chi connectivity index (χ1) is 9.33. The molecule has 0 saturated heterocycles. The summed E-state index contributed by atoms with van der Waals surface area (Å²) in [6.45, 7) is 2.10. The van der Waals surface area contributed by atoms with Crippen LogP contribution in [0, 0.1) is 0 Å². The van der Waals surface area contributed by atoms with Gasteiger partial charge in [-0.1, -0.05) is 35.2 Å². The van der Waals surface area contributed by atoms with Gasteiger partial charge >= 0.3 is 0 Å². The van der Waals surface area contributed by atoms with E-state index in [-0.39, 0.29) is 0 Å². The molecule has 8 heteroatoms. The molecule has 6 nitrogen and oxygen atoms in total. The molecule has 1 N–H and O–H groups in total. The predicted octanol–water partition coefficient (Wildman–Crippen LogP) is 2.74. The fraction of sp³-hybridized carbons (Fsp3) is 0.636. The quantitative estimate of drug-likeness (QED) is 0.787. The zero-order valence-corrected chi connectivity index (χ0v) is 12.3. The van der Waals surface area contributed by atoms with E-state index in [0.29, 0.717) is 17.7 Å². The van der Waals surface area contributed by atoms with Crippen LogP contribution >= 0.6 is 23.1 Å². The maximum atomic E-state index is 5.18. The van der Waals surface area contributed by atoms with Crippen LogP contribution in [0.2, 0.25) is 0 Å². The first kappa shape index (κ1) is 12.9. The number of hydrogen-bond acceptors (Lipinski definition) is 8. The van der Waals surface area contributed by atoms with Crippen molar-refractivity contribution in [1.29, 1.82) is 0 Å². The van der Waals surface area contributed by atoms with Gasteiger partial charge in [-0.2, -0.15) is 4.98 Å². The lowest BCUT2D eigenvalue weighted by atomic mass is 10.3. The molecule has 3 rings (SSSR count). The highest BCUT2D eigenvalue weighted by atomic mass is 32.2. The van der Waals surface area contributed by atoms with Crippen LogP contribution in [0.25, 0.3) is 0 Å². The molecule has 0 aromatic carbocycles. The molecule has 1 aliphatic carbocycles. The van der Waals surface area contributed by atoms with Gasteiger partial charge in [0.25, 0.3) is 0 Å². The number of aromatic nitrogens is 4. The molecule has 0 atom stereocenters. The largest absolute Gasteiger partial charge is 0.357 e. The van der Waals surface area contributed by atoms with Crippen molar-refractivity contribution < 1.29 is 4.52 Å². The summed E-state index contributed by atoms with van der Waals surface area (Å²) < 4.78 is 6.11. The lowest BCUT2D eigenvalue weighted by Gasteiger charge is -1.94. The molecule has 1 fully saturated rings. The highest BCUT2D eigenvalue weighted by molar-refractivity contribution is 8.00. The van der Waals surface area contributed by atoms with Crippen LogP contribution in [0.3, 0.4) is 0 Å². The molecular formula is C11H15N5OS2. The topological polar surface area (TPSA) is 76.7 Å². The maximum Gasteiger partial charge on any atom is 0.237 e. The summed E-state index contributed by atoms with van der Waals surface area (Å²) in [5.74, 6) is 2.08. The smallest absolute Gasteiger partial charge is 0.237 e. The first-order valence-corrected chi connectivity index (χ1v) is 8.18. The fourth-order valence-corrected chi connectivity index (χ4v) is 3.19. The predicted molar refractivity (Wildman–Crippen MR) is 74.4 cm³/mol. The standard InChI is InChI=1S/C11H15N5OS2/c1-2-3-8-13-9(17-16-8)6-18-11-15-14-10(19-11)12-7-4-5-7/h7H,2-6H2,1H3,(H,12,14). The summed E-state index contributed by atoms with van der Waals surface area (Å²) in [5, 5.41) is 16.4.